The van der Waals surface area contributed by atoms with E-state index in [1.54, 1.807) is 31.2 Å². The topological polar surface area (TPSA) is 75.5 Å². The molecule has 0 aliphatic carbocycles. The van der Waals surface area contributed by atoms with Gasteiger partial charge in [-0.05, 0) is 31.2 Å². The summed E-state index contributed by atoms with van der Waals surface area (Å²) in [5.41, 5.74) is 1.17. The number of benzene rings is 2. The number of alkyl halides is 3. The number of esters is 1. The van der Waals surface area contributed by atoms with Gasteiger partial charge < -0.3 is 14.2 Å². The fourth-order valence-corrected chi connectivity index (χ4v) is 3.86. The van der Waals surface area contributed by atoms with Crippen LogP contribution in [-0.4, -0.2) is 34.5 Å². The zero-order chi connectivity index (χ0) is 25.0. The van der Waals surface area contributed by atoms with Gasteiger partial charge >= 0.3 is 12.1 Å². The van der Waals surface area contributed by atoms with Crippen molar-refractivity contribution in [1.29, 1.82) is 0 Å². The number of aromatic nitrogens is 3. The molecule has 34 heavy (non-hydrogen) atoms. The van der Waals surface area contributed by atoms with Crippen molar-refractivity contribution in [3.8, 4) is 11.4 Å². The van der Waals surface area contributed by atoms with Crippen molar-refractivity contribution in [2.24, 2.45) is 0 Å². The third-order valence-electron chi connectivity index (χ3n) is 4.72. The molecule has 7 nitrogen and oxygen atoms in total. The maximum absolute atomic E-state index is 13.5. The Balaban J connectivity index is 0.000000481. The number of rotatable bonds is 3. The van der Waals surface area contributed by atoms with Gasteiger partial charge in [-0.15, -0.1) is 10.2 Å². The summed E-state index contributed by atoms with van der Waals surface area (Å²) in [4.78, 5) is 9.82. The molecule has 0 spiro atoms. The smallest absolute Gasteiger partial charge is 0.452 e. The highest BCUT2D eigenvalue weighted by Crippen LogP contribution is 2.43. The van der Waals surface area contributed by atoms with Crippen molar-refractivity contribution in [3.05, 3.63) is 69.2 Å². The van der Waals surface area contributed by atoms with Crippen LogP contribution in [0.4, 0.5) is 13.2 Å². The summed E-state index contributed by atoms with van der Waals surface area (Å²) in [6, 6.07) is 9.65. The van der Waals surface area contributed by atoms with Gasteiger partial charge in [-0.2, -0.15) is 13.2 Å². The summed E-state index contributed by atoms with van der Waals surface area (Å²) in [5, 5.41) is 7.61. The molecule has 1 aliphatic rings. The molecule has 182 valence electrons. The van der Waals surface area contributed by atoms with Gasteiger partial charge in [0.15, 0.2) is 5.82 Å². The number of methoxy groups -OCH3 is 1. The molecule has 0 fully saturated rings. The summed E-state index contributed by atoms with van der Waals surface area (Å²) in [7, 11) is 1.47. The molecule has 3 aromatic rings. The predicted octanol–water partition coefficient (Wildman–Crippen LogP) is 5.79. The summed E-state index contributed by atoms with van der Waals surface area (Å²) >= 11 is 12.6. The molecule has 1 aromatic heterocycles. The van der Waals surface area contributed by atoms with E-state index in [2.05, 4.69) is 14.9 Å². The van der Waals surface area contributed by atoms with Gasteiger partial charge in [-0.3, -0.25) is 9.36 Å². The summed E-state index contributed by atoms with van der Waals surface area (Å²) < 4.78 is 56.9. The Labute approximate surface area is 203 Å². The quantitative estimate of drug-likeness (QED) is 0.409. The Bertz CT molecular complexity index is 1180. The number of ether oxygens (including phenoxy) is 3. The first kappa shape index (κ1) is 25.8. The van der Waals surface area contributed by atoms with Crippen molar-refractivity contribution in [1.82, 2.24) is 14.8 Å². The molecule has 2 aromatic carbocycles. The first-order chi connectivity index (χ1) is 16.1. The monoisotopic (exact) mass is 517 g/mol. The average molecular weight is 518 g/mol. The molecular formula is C22H20Cl2F3N3O4. The van der Waals surface area contributed by atoms with E-state index in [-0.39, 0.29) is 24.1 Å². The number of halogens is 5. The molecule has 1 atom stereocenters. The van der Waals surface area contributed by atoms with Crippen molar-refractivity contribution in [3.63, 3.8) is 0 Å². The van der Waals surface area contributed by atoms with E-state index in [9.17, 15) is 18.0 Å². The first-order valence-electron chi connectivity index (χ1n) is 9.97. The minimum atomic E-state index is -4.68. The Hall–Kier alpha value is -2.82. The summed E-state index contributed by atoms with van der Waals surface area (Å²) in [6.45, 7) is 3.45. The molecule has 2 heterocycles. The van der Waals surface area contributed by atoms with Gasteiger partial charge in [-0.1, -0.05) is 35.3 Å². The van der Waals surface area contributed by atoms with Crippen LogP contribution in [0.5, 0.6) is 5.75 Å². The maximum Gasteiger partial charge on any atom is 0.452 e. The number of hydrogen-bond acceptors (Lipinski definition) is 6. The molecule has 0 bridgehead atoms. The van der Waals surface area contributed by atoms with E-state index in [4.69, 9.17) is 32.7 Å². The van der Waals surface area contributed by atoms with Crippen LogP contribution in [0.2, 0.25) is 10.0 Å². The summed E-state index contributed by atoms with van der Waals surface area (Å²) in [6.07, 6.45) is -5.46. The van der Waals surface area contributed by atoms with Gasteiger partial charge in [0.2, 0.25) is 5.82 Å². The van der Waals surface area contributed by atoms with E-state index in [1.165, 1.54) is 26.2 Å². The lowest BCUT2D eigenvalue weighted by Gasteiger charge is -2.21. The lowest BCUT2D eigenvalue weighted by Crippen LogP contribution is -2.16. The SMILES string of the molecule is CCOC(C)=O.COc1cccc([C@H]2OCc3nnc(C(F)(F)F)n3-c3ccc(Cl)cc32)c1Cl. The van der Waals surface area contributed by atoms with Crippen LogP contribution in [0, 0.1) is 0 Å². The third kappa shape index (κ3) is 5.45. The highest BCUT2D eigenvalue weighted by molar-refractivity contribution is 6.33. The van der Waals surface area contributed by atoms with Crippen molar-refractivity contribution in [2.75, 3.05) is 13.7 Å². The molecule has 0 amide bonds. The van der Waals surface area contributed by atoms with E-state index < -0.39 is 18.1 Å². The minimum absolute atomic E-state index is 0.0254. The lowest BCUT2D eigenvalue weighted by molar-refractivity contribution is -0.146. The molecule has 0 saturated carbocycles. The zero-order valence-electron chi connectivity index (χ0n) is 18.3. The molecule has 0 N–H and O–H groups in total. The Kier molecular flexibility index (Phi) is 8.06. The van der Waals surface area contributed by atoms with Crippen LogP contribution >= 0.6 is 23.2 Å². The Morgan fingerprint density at radius 2 is 1.94 bits per heavy atom. The number of carbonyl (C=O) groups is 1. The van der Waals surface area contributed by atoms with Crippen molar-refractivity contribution in [2.45, 2.75) is 32.7 Å². The van der Waals surface area contributed by atoms with E-state index in [0.717, 1.165) is 4.57 Å². The van der Waals surface area contributed by atoms with Crippen LogP contribution in [0.1, 0.15) is 42.7 Å². The fourth-order valence-electron chi connectivity index (χ4n) is 3.38. The van der Waals surface area contributed by atoms with Crippen LogP contribution in [0.15, 0.2) is 36.4 Å². The van der Waals surface area contributed by atoms with E-state index in [0.29, 0.717) is 33.5 Å². The number of hydrogen-bond donors (Lipinski definition) is 0. The second-order valence-corrected chi connectivity index (χ2v) is 7.77. The Morgan fingerprint density at radius 1 is 1.21 bits per heavy atom. The van der Waals surface area contributed by atoms with Crippen molar-refractivity contribution < 1.29 is 32.2 Å². The normalized spacial score (nSPS) is 14.8. The van der Waals surface area contributed by atoms with E-state index in [1.807, 2.05) is 0 Å². The molecular weight excluding hydrogens is 498 g/mol. The van der Waals surface area contributed by atoms with Gasteiger partial charge in [0.1, 0.15) is 18.5 Å². The maximum atomic E-state index is 13.5. The molecule has 12 heteroatoms. The molecule has 1 aliphatic heterocycles. The zero-order valence-corrected chi connectivity index (χ0v) is 19.8. The number of carbonyl (C=O) groups excluding carboxylic acids is 1. The fraction of sp³-hybridized carbons (Fsp3) is 0.318. The van der Waals surface area contributed by atoms with Crippen LogP contribution < -0.4 is 4.74 Å². The standard InChI is InChI=1S/C18H12Cl2F3N3O2.C4H8O2/c1-27-13-4-2-3-10(15(13)20)16-11-7-9(19)5-6-12(11)26-14(8-28-16)24-25-17(26)18(21,22)23;1-3-6-4(2)5/h2-7,16H,8H2,1H3;3H2,1-2H3/t16-;/m1./s1. The van der Waals surface area contributed by atoms with Gasteiger partial charge in [-0.25, -0.2) is 0 Å². The van der Waals surface area contributed by atoms with Gasteiger partial charge in [0, 0.05) is 23.1 Å². The highest BCUT2D eigenvalue weighted by Gasteiger charge is 2.41. The van der Waals surface area contributed by atoms with Crippen molar-refractivity contribution >= 4 is 29.2 Å². The lowest BCUT2D eigenvalue weighted by atomic mass is 9.99. The second-order valence-electron chi connectivity index (χ2n) is 6.96. The van der Waals surface area contributed by atoms with Crippen LogP contribution in [0.3, 0.4) is 0 Å². The number of nitrogens with zero attached hydrogens (tertiary/aromatic N) is 3. The molecule has 0 saturated heterocycles. The van der Waals surface area contributed by atoms with Crippen LogP contribution in [0.25, 0.3) is 5.69 Å². The Morgan fingerprint density at radius 3 is 2.53 bits per heavy atom. The van der Waals surface area contributed by atoms with Gasteiger partial charge in [0.25, 0.3) is 0 Å². The average Bonchev–Trinajstić information content (AvgIpc) is 3.13. The highest BCUT2D eigenvalue weighted by atomic mass is 35.5. The molecule has 0 radical (unpaired) electrons. The minimum Gasteiger partial charge on any atom is -0.495 e. The largest absolute Gasteiger partial charge is 0.495 e. The summed E-state index contributed by atoms with van der Waals surface area (Å²) in [5.74, 6) is -0.895. The van der Waals surface area contributed by atoms with E-state index >= 15 is 0 Å². The molecule has 0 unspecified atom stereocenters. The second kappa shape index (κ2) is 10.6. The third-order valence-corrected chi connectivity index (χ3v) is 5.36. The molecule has 4 rings (SSSR count). The number of fused-ring (bicyclic) bond motifs is 3. The predicted molar refractivity (Wildman–Crippen MR) is 118 cm³/mol. The van der Waals surface area contributed by atoms with Gasteiger partial charge in [0.05, 0.1) is 24.4 Å². The first-order valence-corrected chi connectivity index (χ1v) is 10.7. The van der Waals surface area contributed by atoms with Crippen LogP contribution in [-0.2, 0) is 27.1 Å².